The molecule has 1 aliphatic heterocycles. The molecule has 0 aromatic heterocycles. The molecule has 0 N–H and O–H groups in total. The van der Waals surface area contributed by atoms with E-state index < -0.39 is 0 Å². The van der Waals surface area contributed by atoms with E-state index in [2.05, 4.69) is 79.7 Å². The lowest BCUT2D eigenvalue weighted by molar-refractivity contribution is -0.0565. The molecule has 2 aliphatic carbocycles. The van der Waals surface area contributed by atoms with Gasteiger partial charge in [0.2, 0.25) is 6.29 Å². The summed E-state index contributed by atoms with van der Waals surface area (Å²) in [5, 5.41) is 4.94. The van der Waals surface area contributed by atoms with Gasteiger partial charge < -0.3 is 9.47 Å². The Morgan fingerprint density at radius 2 is 1.03 bits per heavy atom. The lowest BCUT2D eigenvalue weighted by atomic mass is 9.68. The SMILES string of the molecule is CCCC1CCC(C2CCC(C3Oc4ccc5ccccc5c4-c4c(ccc5ccccc45)O3)CC2)CC1. The molecule has 2 saturated carbocycles. The Morgan fingerprint density at radius 1 is 0.553 bits per heavy atom. The minimum Gasteiger partial charge on any atom is -0.454 e. The van der Waals surface area contributed by atoms with E-state index >= 15 is 0 Å². The fourth-order valence-electron chi connectivity index (χ4n) is 7.93. The third-order valence-electron chi connectivity index (χ3n) is 9.97. The van der Waals surface area contributed by atoms with Crippen molar-refractivity contribution in [3.63, 3.8) is 0 Å². The van der Waals surface area contributed by atoms with Crippen molar-refractivity contribution in [1.82, 2.24) is 0 Å². The van der Waals surface area contributed by atoms with Crippen molar-refractivity contribution in [2.75, 3.05) is 0 Å². The van der Waals surface area contributed by atoms with Crippen LogP contribution in [0.5, 0.6) is 11.5 Å². The summed E-state index contributed by atoms with van der Waals surface area (Å²) in [6, 6.07) is 26.1. The second kappa shape index (κ2) is 10.3. The van der Waals surface area contributed by atoms with Crippen LogP contribution in [0.15, 0.2) is 72.8 Å². The molecule has 4 aromatic rings. The van der Waals surface area contributed by atoms with E-state index in [4.69, 9.17) is 9.47 Å². The van der Waals surface area contributed by atoms with Gasteiger partial charge in [-0.2, -0.15) is 0 Å². The maximum Gasteiger partial charge on any atom is 0.243 e. The Kier molecular flexibility index (Phi) is 6.51. The molecule has 4 aromatic carbocycles. The number of rotatable bonds is 4. The lowest BCUT2D eigenvalue weighted by Gasteiger charge is -2.39. The summed E-state index contributed by atoms with van der Waals surface area (Å²) >= 11 is 0. The second-order valence-electron chi connectivity index (χ2n) is 12.2. The first-order valence-corrected chi connectivity index (χ1v) is 15.2. The first kappa shape index (κ1) is 24.1. The summed E-state index contributed by atoms with van der Waals surface area (Å²) < 4.78 is 13.7. The van der Waals surface area contributed by atoms with Crippen LogP contribution < -0.4 is 9.47 Å². The van der Waals surface area contributed by atoms with Crippen LogP contribution in [0.3, 0.4) is 0 Å². The van der Waals surface area contributed by atoms with E-state index in [-0.39, 0.29) is 6.29 Å². The van der Waals surface area contributed by atoms with Crippen LogP contribution in [0.1, 0.15) is 71.1 Å². The average molecular weight is 505 g/mol. The van der Waals surface area contributed by atoms with E-state index in [1.54, 1.807) is 0 Å². The summed E-state index contributed by atoms with van der Waals surface area (Å²) in [4.78, 5) is 0. The normalized spacial score (nSPS) is 25.7. The molecule has 0 atom stereocenters. The second-order valence-corrected chi connectivity index (χ2v) is 12.2. The molecule has 3 aliphatic rings. The smallest absolute Gasteiger partial charge is 0.243 e. The highest BCUT2D eigenvalue weighted by Crippen LogP contribution is 2.50. The first-order chi connectivity index (χ1) is 18.8. The standard InChI is InChI=1S/C36H40O2/c1-2-7-24-12-14-25(15-13-24)26-16-18-29(19-17-26)36-37-32-22-20-27-8-3-5-10-30(27)34(32)35-31-11-6-4-9-28(31)21-23-33(35)38-36/h3-6,8-11,20-26,29,36H,2,7,12-19H2,1H3. The monoisotopic (exact) mass is 504 g/mol. The molecule has 1 heterocycles. The molecule has 2 fully saturated rings. The topological polar surface area (TPSA) is 18.5 Å². The fraction of sp³-hybridized carbons (Fsp3) is 0.444. The Balaban J connectivity index is 1.18. The summed E-state index contributed by atoms with van der Waals surface area (Å²) in [7, 11) is 0. The zero-order valence-corrected chi connectivity index (χ0v) is 22.7. The van der Waals surface area contributed by atoms with Crippen LogP contribution in [-0.4, -0.2) is 6.29 Å². The number of fused-ring (bicyclic) bond motifs is 7. The van der Waals surface area contributed by atoms with Gasteiger partial charge in [0.1, 0.15) is 11.5 Å². The van der Waals surface area contributed by atoms with E-state index in [1.807, 2.05) is 0 Å². The highest BCUT2D eigenvalue weighted by Gasteiger charge is 2.37. The quantitative estimate of drug-likeness (QED) is 0.275. The van der Waals surface area contributed by atoms with Gasteiger partial charge in [-0.15, -0.1) is 0 Å². The van der Waals surface area contributed by atoms with Crippen molar-refractivity contribution < 1.29 is 9.47 Å². The van der Waals surface area contributed by atoms with Crippen molar-refractivity contribution in [3.05, 3.63) is 72.8 Å². The Bertz CT molecular complexity index is 1340. The van der Waals surface area contributed by atoms with Gasteiger partial charge in [0, 0.05) is 17.0 Å². The lowest BCUT2D eigenvalue weighted by Crippen LogP contribution is -2.36. The molecule has 196 valence electrons. The highest BCUT2D eigenvalue weighted by atomic mass is 16.7. The molecule has 2 nitrogen and oxygen atoms in total. The van der Waals surface area contributed by atoms with Crippen LogP contribution in [0.4, 0.5) is 0 Å². The minimum absolute atomic E-state index is 0.237. The van der Waals surface area contributed by atoms with Crippen LogP contribution in [0.25, 0.3) is 32.7 Å². The van der Waals surface area contributed by atoms with Crippen LogP contribution >= 0.6 is 0 Å². The molecule has 7 rings (SSSR count). The zero-order chi connectivity index (χ0) is 25.5. The summed E-state index contributed by atoms with van der Waals surface area (Å²) in [6.45, 7) is 2.34. The summed E-state index contributed by atoms with van der Waals surface area (Å²) in [5.41, 5.74) is 2.35. The molecule has 0 saturated heterocycles. The van der Waals surface area contributed by atoms with E-state index in [1.165, 1.54) is 96.9 Å². The third-order valence-corrected chi connectivity index (χ3v) is 9.97. The predicted molar refractivity (Wildman–Crippen MR) is 158 cm³/mol. The predicted octanol–water partition coefficient (Wildman–Crippen LogP) is 10.2. The van der Waals surface area contributed by atoms with Gasteiger partial charge in [-0.3, -0.25) is 0 Å². The van der Waals surface area contributed by atoms with E-state index in [0.29, 0.717) is 5.92 Å². The molecule has 0 spiro atoms. The average Bonchev–Trinajstić information content (AvgIpc) is 3.15. The molecular weight excluding hydrogens is 464 g/mol. The minimum atomic E-state index is -0.237. The number of hydrogen-bond acceptors (Lipinski definition) is 2. The van der Waals surface area contributed by atoms with Crippen molar-refractivity contribution in [2.24, 2.45) is 23.7 Å². The summed E-state index contributed by atoms with van der Waals surface area (Å²) in [6.07, 6.45) is 13.4. The van der Waals surface area contributed by atoms with Crippen LogP contribution in [0.2, 0.25) is 0 Å². The molecule has 38 heavy (non-hydrogen) atoms. The Hall–Kier alpha value is -3.00. The van der Waals surface area contributed by atoms with Gasteiger partial charge in [-0.05, 0) is 90.0 Å². The molecule has 0 radical (unpaired) electrons. The Labute approximate surface area is 227 Å². The third kappa shape index (κ3) is 4.36. The van der Waals surface area contributed by atoms with E-state index in [9.17, 15) is 0 Å². The number of ether oxygens (including phenoxy) is 2. The maximum absolute atomic E-state index is 6.84. The maximum atomic E-state index is 6.84. The van der Waals surface area contributed by atoms with Gasteiger partial charge in [-0.1, -0.05) is 93.3 Å². The van der Waals surface area contributed by atoms with E-state index in [0.717, 1.165) is 29.3 Å². The largest absolute Gasteiger partial charge is 0.454 e. The fourth-order valence-corrected chi connectivity index (χ4v) is 7.93. The molecule has 0 unspecified atom stereocenters. The van der Waals surface area contributed by atoms with Gasteiger partial charge in [-0.25, -0.2) is 0 Å². The van der Waals surface area contributed by atoms with Crippen LogP contribution in [-0.2, 0) is 0 Å². The van der Waals surface area contributed by atoms with Gasteiger partial charge in [0.15, 0.2) is 0 Å². The number of hydrogen-bond donors (Lipinski definition) is 0. The van der Waals surface area contributed by atoms with Gasteiger partial charge >= 0.3 is 0 Å². The molecule has 0 bridgehead atoms. The molecular formula is C36H40O2. The van der Waals surface area contributed by atoms with Crippen molar-refractivity contribution in [3.8, 4) is 22.6 Å². The zero-order valence-electron chi connectivity index (χ0n) is 22.7. The van der Waals surface area contributed by atoms with Gasteiger partial charge in [0.05, 0.1) is 0 Å². The van der Waals surface area contributed by atoms with Crippen molar-refractivity contribution >= 4 is 21.5 Å². The molecule has 0 amide bonds. The highest BCUT2D eigenvalue weighted by molar-refractivity contribution is 6.09. The molecule has 2 heteroatoms. The van der Waals surface area contributed by atoms with Crippen molar-refractivity contribution in [2.45, 2.75) is 77.4 Å². The van der Waals surface area contributed by atoms with Crippen LogP contribution in [0, 0.1) is 23.7 Å². The number of benzene rings is 4. The Morgan fingerprint density at radius 3 is 1.55 bits per heavy atom. The first-order valence-electron chi connectivity index (χ1n) is 15.2. The van der Waals surface area contributed by atoms with Gasteiger partial charge in [0.25, 0.3) is 0 Å². The van der Waals surface area contributed by atoms with Crippen molar-refractivity contribution in [1.29, 1.82) is 0 Å². The summed E-state index contributed by atoms with van der Waals surface area (Å²) in [5.74, 6) is 5.18.